The summed E-state index contributed by atoms with van der Waals surface area (Å²) in [5.41, 5.74) is 3.84. The van der Waals surface area contributed by atoms with Gasteiger partial charge >= 0.3 is 5.97 Å². The predicted molar refractivity (Wildman–Crippen MR) is 202 cm³/mol. The molecule has 5 atom stereocenters. The third-order valence-electron chi connectivity index (χ3n) is 11.8. The molecule has 12 heteroatoms. The second kappa shape index (κ2) is 14.5. The number of benzene rings is 3. The predicted octanol–water partition coefficient (Wildman–Crippen LogP) is 5.12. The van der Waals surface area contributed by atoms with Crippen molar-refractivity contribution in [3.8, 4) is 0 Å². The van der Waals surface area contributed by atoms with E-state index in [2.05, 4.69) is 0 Å². The number of aliphatic hydroxyl groups is 1. The molecule has 3 aromatic carbocycles. The van der Waals surface area contributed by atoms with Crippen LogP contribution in [0.3, 0.4) is 0 Å². The number of nitrogens with zero attached hydrogens (tertiary/aromatic N) is 3. The van der Waals surface area contributed by atoms with Crippen LogP contribution < -0.4 is 9.80 Å². The Balaban J connectivity index is 1.27. The molecule has 0 aromatic heterocycles. The van der Waals surface area contributed by atoms with E-state index in [1.165, 1.54) is 7.11 Å². The van der Waals surface area contributed by atoms with Crippen molar-refractivity contribution in [3.63, 3.8) is 0 Å². The average molecular weight is 740 g/mol. The molecule has 4 aliphatic rings. The minimum absolute atomic E-state index is 0.0473. The Morgan fingerprint density at radius 1 is 0.962 bits per heavy atom. The number of hydrogen-bond donors (Lipinski definition) is 2. The van der Waals surface area contributed by atoms with Crippen LogP contribution in [0.1, 0.15) is 61.3 Å². The number of anilines is 3. The number of aliphatic hydroxyl groups excluding tert-OH is 1. The van der Waals surface area contributed by atoms with Crippen molar-refractivity contribution in [3.05, 3.63) is 89.0 Å². The van der Waals surface area contributed by atoms with Gasteiger partial charge < -0.3 is 29.2 Å². The highest BCUT2D eigenvalue weighted by atomic mass is 28.4. The topological polar surface area (TPSA) is 137 Å². The first kappa shape index (κ1) is 37.0. The van der Waals surface area contributed by atoms with Gasteiger partial charge in [-0.1, -0.05) is 49.4 Å². The number of rotatable bonds is 10. The van der Waals surface area contributed by atoms with Gasteiger partial charge in [0.25, 0.3) is 5.91 Å². The number of amides is 3. The molecule has 3 amide bonds. The Labute approximate surface area is 311 Å². The van der Waals surface area contributed by atoms with Gasteiger partial charge in [0.1, 0.15) is 0 Å². The SMILES string of the molecule is COC(=O)CCCCN1C(=O)[C@]2(O[C@H](CC(=O)N3Cc4ccccc4C[C@H]3CO)[C@@H]([Si](C)(C)O)[C@@H]2C)c2cc(N3C(=O)CCc4ccccc43)ccc21. The van der Waals surface area contributed by atoms with Gasteiger partial charge in [0.05, 0.1) is 43.7 Å². The Hall–Kier alpha value is -4.36. The van der Waals surface area contributed by atoms with Crippen LogP contribution >= 0.6 is 0 Å². The number of carbonyl (C=O) groups is 4. The van der Waals surface area contributed by atoms with E-state index in [9.17, 15) is 24.3 Å². The molecule has 4 heterocycles. The fourth-order valence-electron chi connectivity index (χ4n) is 9.31. The molecule has 0 bridgehead atoms. The summed E-state index contributed by atoms with van der Waals surface area (Å²) in [7, 11) is -1.75. The normalized spacial score (nSPS) is 25.1. The van der Waals surface area contributed by atoms with Gasteiger partial charge in [-0.3, -0.25) is 24.1 Å². The molecule has 0 aliphatic carbocycles. The van der Waals surface area contributed by atoms with Crippen LogP contribution in [0.5, 0.6) is 0 Å². The summed E-state index contributed by atoms with van der Waals surface area (Å²) < 4.78 is 11.8. The van der Waals surface area contributed by atoms with Crippen molar-refractivity contribution < 1.29 is 38.6 Å². The average Bonchev–Trinajstić information content (AvgIpc) is 3.57. The Morgan fingerprint density at radius 3 is 2.40 bits per heavy atom. The molecule has 1 spiro atoms. The molecule has 0 unspecified atom stereocenters. The summed E-state index contributed by atoms with van der Waals surface area (Å²) in [5, 5.41) is 10.3. The standard InChI is InChI=1S/C41H49N3O8Si/c1-26-39(53(3,4)50)35(23-37(47)43-24-29-13-6-5-12-28(29)21-31(43)25-45)52-41(26)32-22-30(44-33-14-8-7-11-27(33)16-19-36(44)46)17-18-34(32)42(40(41)49)20-10-9-15-38(48)51-2/h5-8,11-14,17-18,22,26,31,35,39,45,50H,9-10,15-16,19-21,23-25H2,1-4H3/t26-,31-,35+,39-,41+/m0/s1. The molecule has 53 heavy (non-hydrogen) atoms. The molecular formula is C41H49N3O8Si. The number of esters is 1. The van der Waals surface area contributed by atoms with E-state index < -0.39 is 37.5 Å². The van der Waals surface area contributed by atoms with E-state index in [0.717, 1.165) is 22.4 Å². The van der Waals surface area contributed by atoms with Crippen LogP contribution in [0.15, 0.2) is 66.7 Å². The summed E-state index contributed by atoms with van der Waals surface area (Å²) in [5.74, 6) is -1.36. The lowest BCUT2D eigenvalue weighted by atomic mass is 9.82. The maximum atomic E-state index is 15.0. The second-order valence-electron chi connectivity index (χ2n) is 15.4. The van der Waals surface area contributed by atoms with Gasteiger partial charge in [0, 0.05) is 48.6 Å². The molecule has 11 nitrogen and oxygen atoms in total. The lowest BCUT2D eigenvalue weighted by molar-refractivity contribution is -0.151. The minimum atomic E-state index is -3.10. The number of aryl methyl sites for hydroxylation is 1. The fraction of sp³-hybridized carbons (Fsp3) is 0.463. The first-order valence-electron chi connectivity index (χ1n) is 18.7. The summed E-state index contributed by atoms with van der Waals surface area (Å²) in [6.45, 7) is 6.08. The minimum Gasteiger partial charge on any atom is -0.469 e. The summed E-state index contributed by atoms with van der Waals surface area (Å²) >= 11 is 0. The second-order valence-corrected chi connectivity index (χ2v) is 19.4. The lowest BCUT2D eigenvalue weighted by Gasteiger charge is -2.37. The van der Waals surface area contributed by atoms with Crippen LogP contribution in [0.2, 0.25) is 18.6 Å². The monoisotopic (exact) mass is 739 g/mol. The van der Waals surface area contributed by atoms with E-state index in [1.54, 1.807) is 14.7 Å². The number of hydrogen-bond acceptors (Lipinski definition) is 8. The van der Waals surface area contributed by atoms with Crippen LogP contribution in [0.4, 0.5) is 17.1 Å². The van der Waals surface area contributed by atoms with Gasteiger partial charge in [0.2, 0.25) is 11.8 Å². The first-order chi connectivity index (χ1) is 25.4. The third kappa shape index (κ3) is 6.49. The van der Waals surface area contributed by atoms with Gasteiger partial charge in [-0.15, -0.1) is 0 Å². The third-order valence-corrected chi connectivity index (χ3v) is 14.3. The summed E-state index contributed by atoms with van der Waals surface area (Å²) in [6.07, 6.45) is 1.97. The summed E-state index contributed by atoms with van der Waals surface area (Å²) in [6, 6.07) is 20.9. The highest BCUT2D eigenvalue weighted by Crippen LogP contribution is 2.60. The zero-order valence-corrected chi connectivity index (χ0v) is 31.9. The Kier molecular flexibility index (Phi) is 10.1. The van der Waals surface area contributed by atoms with Crippen molar-refractivity contribution in [1.82, 2.24) is 4.90 Å². The molecule has 0 radical (unpaired) electrons. The highest BCUT2D eigenvalue weighted by molar-refractivity contribution is 6.71. The van der Waals surface area contributed by atoms with E-state index >= 15 is 4.79 Å². The number of unbranched alkanes of at least 4 members (excludes halogenated alkanes) is 1. The lowest BCUT2D eigenvalue weighted by Crippen LogP contribution is -2.48. The van der Waals surface area contributed by atoms with E-state index in [4.69, 9.17) is 9.47 Å². The molecule has 4 aliphatic heterocycles. The van der Waals surface area contributed by atoms with Crippen molar-refractivity contribution in [2.75, 3.05) is 30.1 Å². The van der Waals surface area contributed by atoms with E-state index in [1.807, 2.05) is 86.7 Å². The molecule has 0 saturated carbocycles. The largest absolute Gasteiger partial charge is 0.469 e. The van der Waals surface area contributed by atoms with Crippen LogP contribution in [-0.4, -0.2) is 79.2 Å². The van der Waals surface area contributed by atoms with Crippen LogP contribution in [0.25, 0.3) is 0 Å². The molecule has 2 N–H and O–H groups in total. The maximum absolute atomic E-state index is 15.0. The molecule has 1 saturated heterocycles. The number of methoxy groups -OCH3 is 1. The van der Waals surface area contributed by atoms with E-state index in [0.29, 0.717) is 62.1 Å². The zero-order chi connectivity index (χ0) is 37.7. The van der Waals surface area contributed by atoms with Gasteiger partial charge in [-0.25, -0.2) is 0 Å². The molecule has 280 valence electrons. The first-order valence-corrected chi connectivity index (χ1v) is 21.7. The van der Waals surface area contributed by atoms with Crippen molar-refractivity contribution in [2.24, 2.45) is 5.92 Å². The van der Waals surface area contributed by atoms with Gasteiger partial charge in [0.15, 0.2) is 13.9 Å². The van der Waals surface area contributed by atoms with Crippen LogP contribution in [0, 0.1) is 5.92 Å². The molecular weight excluding hydrogens is 691 g/mol. The smallest absolute Gasteiger partial charge is 0.305 e. The molecule has 7 rings (SSSR count). The van der Waals surface area contributed by atoms with Crippen molar-refractivity contribution >= 4 is 49.1 Å². The van der Waals surface area contributed by atoms with Gasteiger partial charge in [-0.2, -0.15) is 0 Å². The number of carbonyl (C=O) groups excluding carboxylic acids is 4. The van der Waals surface area contributed by atoms with E-state index in [-0.39, 0.29) is 43.1 Å². The maximum Gasteiger partial charge on any atom is 0.305 e. The number of fused-ring (bicyclic) bond motifs is 4. The number of para-hydroxylation sites is 1. The van der Waals surface area contributed by atoms with Crippen molar-refractivity contribution in [1.29, 1.82) is 0 Å². The fourth-order valence-corrected chi connectivity index (χ4v) is 11.9. The van der Waals surface area contributed by atoms with Crippen molar-refractivity contribution in [2.45, 2.75) is 94.8 Å². The van der Waals surface area contributed by atoms with Gasteiger partial charge in [-0.05, 0) is 79.7 Å². The molecule has 3 aromatic rings. The Bertz CT molecular complexity index is 1930. The number of ether oxygens (including phenoxy) is 2. The van der Waals surface area contributed by atoms with Crippen LogP contribution in [-0.2, 0) is 53.6 Å². The quantitative estimate of drug-likeness (QED) is 0.166. The zero-order valence-electron chi connectivity index (χ0n) is 30.9. The Morgan fingerprint density at radius 2 is 1.68 bits per heavy atom. The highest BCUT2D eigenvalue weighted by Gasteiger charge is 2.66. The summed E-state index contributed by atoms with van der Waals surface area (Å²) in [4.78, 5) is 71.7. The molecule has 1 fully saturated rings.